The number of hydrogen-bond donors (Lipinski definition) is 0. The standard InChI is InChI=1S/C19H39/c1-5-9-13-18(14-10-6-2)17-19(15-11-7-3)16-12-8-4/h17-19H,5-16H2,1-4H3. The van der Waals surface area contributed by atoms with Crippen LogP contribution in [0.15, 0.2) is 0 Å². The normalized spacial score (nSPS) is 11.7. The molecule has 0 heterocycles. The van der Waals surface area contributed by atoms with Gasteiger partial charge in [0, 0.05) is 0 Å². The summed E-state index contributed by atoms with van der Waals surface area (Å²) in [6, 6.07) is 0. The van der Waals surface area contributed by atoms with Gasteiger partial charge in [0.25, 0.3) is 0 Å². The molecule has 0 aliphatic rings. The lowest BCUT2D eigenvalue weighted by Gasteiger charge is -2.23. The molecule has 0 aromatic rings. The van der Waals surface area contributed by atoms with E-state index in [4.69, 9.17) is 0 Å². The van der Waals surface area contributed by atoms with E-state index in [9.17, 15) is 0 Å². The maximum absolute atomic E-state index is 2.76. The third-order valence-electron chi connectivity index (χ3n) is 4.26. The molecule has 1 radical (unpaired) electrons. The zero-order valence-corrected chi connectivity index (χ0v) is 14.2. The summed E-state index contributed by atoms with van der Waals surface area (Å²) in [7, 11) is 0. The zero-order chi connectivity index (χ0) is 14.3. The van der Waals surface area contributed by atoms with Crippen LogP contribution in [0.1, 0.15) is 105 Å². The predicted octanol–water partition coefficient (Wildman–Crippen LogP) is 7.18. The van der Waals surface area contributed by atoms with E-state index in [-0.39, 0.29) is 0 Å². The molecule has 0 rings (SSSR count). The van der Waals surface area contributed by atoms with Crippen molar-refractivity contribution in [2.24, 2.45) is 11.8 Å². The molecule has 0 atom stereocenters. The van der Waals surface area contributed by atoms with E-state index in [2.05, 4.69) is 34.1 Å². The summed E-state index contributed by atoms with van der Waals surface area (Å²) in [5.74, 6) is 1.80. The van der Waals surface area contributed by atoms with Crippen LogP contribution in [0.5, 0.6) is 0 Å². The van der Waals surface area contributed by atoms with E-state index in [0.717, 1.165) is 11.8 Å². The van der Waals surface area contributed by atoms with E-state index < -0.39 is 0 Å². The van der Waals surface area contributed by atoms with Gasteiger partial charge in [0.1, 0.15) is 0 Å². The summed E-state index contributed by atoms with van der Waals surface area (Å²) in [4.78, 5) is 0. The summed E-state index contributed by atoms with van der Waals surface area (Å²) < 4.78 is 0. The van der Waals surface area contributed by atoms with Gasteiger partial charge in [0.2, 0.25) is 0 Å². The minimum atomic E-state index is 0.901. The van der Waals surface area contributed by atoms with Crippen LogP contribution in [0.2, 0.25) is 0 Å². The molecule has 0 aromatic carbocycles. The Morgan fingerprint density at radius 3 is 1.00 bits per heavy atom. The molecule has 0 heteroatoms. The van der Waals surface area contributed by atoms with Crippen molar-refractivity contribution in [2.75, 3.05) is 0 Å². The average molecular weight is 268 g/mol. The fourth-order valence-electron chi connectivity index (χ4n) is 2.92. The van der Waals surface area contributed by atoms with E-state index in [1.165, 1.54) is 77.0 Å². The van der Waals surface area contributed by atoms with Gasteiger partial charge >= 0.3 is 0 Å². The average Bonchev–Trinajstić information content (AvgIpc) is 2.44. The van der Waals surface area contributed by atoms with Gasteiger partial charge in [-0.05, 0) is 18.3 Å². The highest BCUT2D eigenvalue weighted by Crippen LogP contribution is 2.28. The monoisotopic (exact) mass is 267 g/mol. The molecule has 0 N–H and O–H groups in total. The van der Waals surface area contributed by atoms with E-state index >= 15 is 0 Å². The summed E-state index contributed by atoms with van der Waals surface area (Å²) in [6.07, 6.45) is 19.6. The van der Waals surface area contributed by atoms with Crippen LogP contribution >= 0.6 is 0 Å². The van der Waals surface area contributed by atoms with E-state index in [1.807, 2.05) is 0 Å². The minimum absolute atomic E-state index is 0.901. The first-order chi connectivity index (χ1) is 9.28. The van der Waals surface area contributed by atoms with Crippen molar-refractivity contribution in [2.45, 2.75) is 105 Å². The lowest BCUT2D eigenvalue weighted by molar-refractivity contribution is 0.377. The molecule has 0 spiro atoms. The zero-order valence-electron chi connectivity index (χ0n) is 14.2. The van der Waals surface area contributed by atoms with Crippen LogP contribution in [-0.4, -0.2) is 0 Å². The van der Waals surface area contributed by atoms with Crippen LogP contribution in [0.4, 0.5) is 0 Å². The molecule has 0 saturated carbocycles. The van der Waals surface area contributed by atoms with Crippen LogP contribution in [0, 0.1) is 18.3 Å². The van der Waals surface area contributed by atoms with Crippen molar-refractivity contribution in [3.63, 3.8) is 0 Å². The van der Waals surface area contributed by atoms with Crippen LogP contribution < -0.4 is 0 Å². The van der Waals surface area contributed by atoms with Crippen molar-refractivity contribution in [1.29, 1.82) is 0 Å². The molecule has 0 saturated heterocycles. The first-order valence-electron chi connectivity index (χ1n) is 9.13. The van der Waals surface area contributed by atoms with Gasteiger partial charge < -0.3 is 0 Å². The second-order valence-corrected chi connectivity index (χ2v) is 6.28. The van der Waals surface area contributed by atoms with Crippen LogP contribution in [-0.2, 0) is 0 Å². The van der Waals surface area contributed by atoms with Gasteiger partial charge in [-0.15, -0.1) is 0 Å². The number of rotatable bonds is 14. The summed E-state index contributed by atoms with van der Waals surface area (Å²) in [5, 5.41) is 0. The van der Waals surface area contributed by atoms with E-state index in [0.29, 0.717) is 0 Å². The maximum atomic E-state index is 2.76. The van der Waals surface area contributed by atoms with Crippen molar-refractivity contribution >= 4 is 0 Å². The molecule has 0 nitrogen and oxygen atoms in total. The molecule has 0 fully saturated rings. The van der Waals surface area contributed by atoms with Gasteiger partial charge in [0.05, 0.1) is 0 Å². The highest BCUT2D eigenvalue weighted by atomic mass is 14.2. The third kappa shape index (κ3) is 11.5. The molecular weight excluding hydrogens is 228 g/mol. The van der Waals surface area contributed by atoms with Gasteiger partial charge in [0.15, 0.2) is 0 Å². The second-order valence-electron chi connectivity index (χ2n) is 6.28. The van der Waals surface area contributed by atoms with Crippen molar-refractivity contribution in [3.8, 4) is 0 Å². The first-order valence-corrected chi connectivity index (χ1v) is 9.13. The molecule has 19 heavy (non-hydrogen) atoms. The Morgan fingerprint density at radius 1 is 0.526 bits per heavy atom. The lowest BCUT2D eigenvalue weighted by atomic mass is 9.82. The largest absolute Gasteiger partial charge is 0.0654 e. The molecule has 0 bridgehead atoms. The van der Waals surface area contributed by atoms with Crippen molar-refractivity contribution in [3.05, 3.63) is 6.42 Å². The molecule has 115 valence electrons. The highest BCUT2D eigenvalue weighted by molar-refractivity contribution is 4.84. The summed E-state index contributed by atoms with van der Waals surface area (Å²) in [5.41, 5.74) is 0. The highest BCUT2D eigenvalue weighted by Gasteiger charge is 2.16. The molecular formula is C19H39. The Kier molecular flexibility index (Phi) is 14.4. The van der Waals surface area contributed by atoms with Crippen LogP contribution in [0.3, 0.4) is 0 Å². The number of hydrogen-bond acceptors (Lipinski definition) is 0. The Balaban J connectivity index is 4.16. The minimum Gasteiger partial charge on any atom is -0.0654 e. The van der Waals surface area contributed by atoms with Gasteiger partial charge in [-0.2, -0.15) is 0 Å². The summed E-state index contributed by atoms with van der Waals surface area (Å²) >= 11 is 0. The van der Waals surface area contributed by atoms with Gasteiger partial charge in [-0.1, -0.05) is 105 Å². The number of unbranched alkanes of at least 4 members (excludes halogenated alkanes) is 4. The molecule has 0 aliphatic carbocycles. The smallest absolute Gasteiger partial charge is 0.0324 e. The Labute approximate surface area is 123 Å². The Bertz CT molecular complexity index is 127. The summed E-state index contributed by atoms with van der Waals surface area (Å²) in [6.45, 7) is 9.29. The van der Waals surface area contributed by atoms with Crippen LogP contribution in [0.25, 0.3) is 0 Å². The van der Waals surface area contributed by atoms with Gasteiger partial charge in [-0.3, -0.25) is 0 Å². The molecule has 0 amide bonds. The quantitative estimate of drug-likeness (QED) is 0.312. The fraction of sp³-hybridized carbons (Fsp3) is 0.947. The molecule has 0 unspecified atom stereocenters. The van der Waals surface area contributed by atoms with Crippen molar-refractivity contribution < 1.29 is 0 Å². The maximum Gasteiger partial charge on any atom is -0.0324 e. The lowest BCUT2D eigenvalue weighted by Crippen LogP contribution is -2.11. The van der Waals surface area contributed by atoms with Gasteiger partial charge in [-0.25, -0.2) is 0 Å². The second kappa shape index (κ2) is 14.4. The van der Waals surface area contributed by atoms with E-state index in [1.54, 1.807) is 0 Å². The topological polar surface area (TPSA) is 0 Å². The SMILES string of the molecule is CCCCC([CH]C(CCCC)CCCC)CCCC. The molecule has 0 aliphatic heterocycles. The Morgan fingerprint density at radius 2 is 0.789 bits per heavy atom. The predicted molar refractivity (Wildman–Crippen MR) is 89.4 cm³/mol. The Hall–Kier alpha value is 0. The first kappa shape index (κ1) is 19.0. The molecule has 0 aromatic heterocycles. The van der Waals surface area contributed by atoms with Crippen molar-refractivity contribution in [1.82, 2.24) is 0 Å². The third-order valence-corrected chi connectivity index (χ3v) is 4.26. The fourth-order valence-corrected chi connectivity index (χ4v) is 2.92.